The molecule has 132 valence electrons. The highest BCUT2D eigenvalue weighted by Crippen LogP contribution is 2.36. The summed E-state index contributed by atoms with van der Waals surface area (Å²) < 4.78 is 30.8. The summed E-state index contributed by atoms with van der Waals surface area (Å²) in [5.41, 5.74) is 1.03. The van der Waals surface area contributed by atoms with Crippen LogP contribution in [0.15, 0.2) is 18.2 Å². The van der Waals surface area contributed by atoms with Crippen LogP contribution in [-0.2, 0) is 14.8 Å². The van der Waals surface area contributed by atoms with E-state index in [4.69, 9.17) is 4.74 Å². The SMILES string of the molecule is Cc1cccc(C(=O)N2CC3(CC[C@H](CNS(C)(=O)=O)CO3)C2)n1. The zero-order valence-corrected chi connectivity index (χ0v) is 14.8. The maximum atomic E-state index is 12.4. The van der Waals surface area contributed by atoms with E-state index < -0.39 is 10.0 Å². The number of nitrogens with zero attached hydrogens (tertiary/aromatic N) is 2. The first-order chi connectivity index (χ1) is 11.3. The molecule has 24 heavy (non-hydrogen) atoms. The van der Waals surface area contributed by atoms with E-state index >= 15 is 0 Å². The average molecular weight is 353 g/mol. The number of pyridine rings is 1. The predicted molar refractivity (Wildman–Crippen MR) is 89.1 cm³/mol. The predicted octanol–water partition coefficient (Wildman–Crippen LogP) is 0.560. The van der Waals surface area contributed by atoms with E-state index in [-0.39, 0.29) is 17.4 Å². The van der Waals surface area contributed by atoms with Crippen LogP contribution in [0, 0.1) is 12.8 Å². The molecule has 1 atom stereocenters. The molecule has 3 heterocycles. The number of carbonyl (C=O) groups excluding carboxylic acids is 1. The first kappa shape index (κ1) is 17.3. The van der Waals surface area contributed by atoms with Gasteiger partial charge in [-0.2, -0.15) is 0 Å². The molecule has 1 amide bonds. The fourth-order valence-electron chi connectivity index (χ4n) is 3.21. The molecular weight excluding hydrogens is 330 g/mol. The molecule has 0 saturated carbocycles. The van der Waals surface area contributed by atoms with Crippen LogP contribution in [-0.4, -0.2) is 62.3 Å². The molecule has 2 aliphatic rings. The molecule has 1 aromatic heterocycles. The van der Waals surface area contributed by atoms with Crippen LogP contribution in [0.25, 0.3) is 0 Å². The molecule has 0 aliphatic carbocycles. The smallest absolute Gasteiger partial charge is 0.272 e. The van der Waals surface area contributed by atoms with Crippen LogP contribution >= 0.6 is 0 Å². The van der Waals surface area contributed by atoms with Gasteiger partial charge in [0.1, 0.15) is 11.3 Å². The van der Waals surface area contributed by atoms with Crippen LogP contribution in [0.4, 0.5) is 0 Å². The third-order valence-corrected chi connectivity index (χ3v) is 5.31. The minimum absolute atomic E-state index is 0.0613. The second-order valence-electron chi connectivity index (χ2n) is 6.84. The molecule has 2 saturated heterocycles. The third-order valence-electron chi connectivity index (χ3n) is 4.62. The van der Waals surface area contributed by atoms with Crippen LogP contribution in [0.5, 0.6) is 0 Å². The van der Waals surface area contributed by atoms with Gasteiger partial charge in [-0.05, 0) is 37.8 Å². The number of hydrogen-bond acceptors (Lipinski definition) is 5. The Kier molecular flexibility index (Phi) is 4.63. The van der Waals surface area contributed by atoms with E-state index in [2.05, 4.69) is 9.71 Å². The van der Waals surface area contributed by atoms with Gasteiger partial charge in [-0.3, -0.25) is 4.79 Å². The van der Waals surface area contributed by atoms with E-state index in [0.29, 0.717) is 31.9 Å². The Labute approximate surface area is 142 Å². The summed E-state index contributed by atoms with van der Waals surface area (Å²) in [4.78, 5) is 18.4. The zero-order chi connectivity index (χ0) is 17.4. The van der Waals surface area contributed by atoms with Gasteiger partial charge in [0.25, 0.3) is 5.91 Å². The number of sulfonamides is 1. The highest BCUT2D eigenvalue weighted by atomic mass is 32.2. The number of aromatic nitrogens is 1. The van der Waals surface area contributed by atoms with Crippen molar-refractivity contribution in [3.05, 3.63) is 29.6 Å². The highest BCUT2D eigenvalue weighted by molar-refractivity contribution is 7.88. The van der Waals surface area contributed by atoms with Crippen molar-refractivity contribution in [3.8, 4) is 0 Å². The van der Waals surface area contributed by atoms with Gasteiger partial charge >= 0.3 is 0 Å². The lowest BCUT2D eigenvalue weighted by Gasteiger charge is -2.52. The molecule has 1 N–H and O–H groups in total. The minimum atomic E-state index is -3.16. The fourth-order valence-corrected chi connectivity index (χ4v) is 3.75. The number of ether oxygens (including phenoxy) is 1. The van der Waals surface area contributed by atoms with Crippen LogP contribution in [0.3, 0.4) is 0 Å². The van der Waals surface area contributed by atoms with Crippen molar-refractivity contribution in [1.82, 2.24) is 14.6 Å². The number of nitrogens with one attached hydrogen (secondary N) is 1. The standard InChI is InChI=1S/C16H23N3O4S/c1-12-4-3-5-14(18-12)15(20)19-10-16(11-19)7-6-13(9-23-16)8-17-24(2,21)22/h3-5,13,17H,6-11H2,1-2H3/t13-/m1/s1. The Morgan fingerprint density at radius 1 is 1.46 bits per heavy atom. The van der Waals surface area contributed by atoms with Crippen molar-refractivity contribution in [2.45, 2.75) is 25.4 Å². The van der Waals surface area contributed by atoms with Crippen molar-refractivity contribution >= 4 is 15.9 Å². The van der Waals surface area contributed by atoms with E-state index in [0.717, 1.165) is 24.8 Å². The molecule has 0 radical (unpaired) electrons. The summed E-state index contributed by atoms with van der Waals surface area (Å²) in [6.07, 6.45) is 2.90. The van der Waals surface area contributed by atoms with Crippen molar-refractivity contribution < 1.29 is 17.9 Å². The summed E-state index contributed by atoms with van der Waals surface area (Å²) >= 11 is 0. The number of rotatable bonds is 4. The van der Waals surface area contributed by atoms with Gasteiger partial charge in [-0.1, -0.05) is 6.07 Å². The normalized spacial score (nSPS) is 23.1. The summed E-state index contributed by atoms with van der Waals surface area (Å²) in [7, 11) is -3.16. The van der Waals surface area contributed by atoms with Gasteiger partial charge in [-0.15, -0.1) is 0 Å². The molecule has 3 rings (SSSR count). The zero-order valence-electron chi connectivity index (χ0n) is 14.0. The van der Waals surface area contributed by atoms with Crippen LogP contribution < -0.4 is 4.72 Å². The number of carbonyl (C=O) groups is 1. The average Bonchev–Trinajstić information content (AvgIpc) is 2.50. The number of hydrogen-bond donors (Lipinski definition) is 1. The van der Waals surface area contributed by atoms with Crippen LogP contribution in [0.2, 0.25) is 0 Å². The Hall–Kier alpha value is -1.51. The van der Waals surface area contributed by atoms with Crippen LogP contribution in [0.1, 0.15) is 29.0 Å². The molecule has 0 bridgehead atoms. The quantitative estimate of drug-likeness (QED) is 0.854. The van der Waals surface area contributed by atoms with E-state index in [9.17, 15) is 13.2 Å². The summed E-state index contributed by atoms with van der Waals surface area (Å²) in [5.74, 6) is 0.127. The van der Waals surface area contributed by atoms with Gasteiger partial charge in [0.05, 0.1) is 26.0 Å². The lowest BCUT2D eigenvalue weighted by molar-refractivity contribution is -0.166. The van der Waals surface area contributed by atoms with Gasteiger partial charge in [-0.25, -0.2) is 18.1 Å². The Morgan fingerprint density at radius 3 is 2.79 bits per heavy atom. The second kappa shape index (κ2) is 6.42. The van der Waals surface area contributed by atoms with Gasteiger partial charge in [0.15, 0.2) is 0 Å². The molecule has 2 aliphatic heterocycles. The lowest BCUT2D eigenvalue weighted by Crippen LogP contribution is -2.66. The molecular formula is C16H23N3O4S. The number of aryl methyl sites for hydroxylation is 1. The minimum Gasteiger partial charge on any atom is -0.371 e. The molecule has 1 spiro atoms. The van der Waals surface area contributed by atoms with Crippen molar-refractivity contribution in [3.63, 3.8) is 0 Å². The Morgan fingerprint density at radius 2 is 2.21 bits per heavy atom. The molecule has 0 aromatic carbocycles. The first-order valence-corrected chi connectivity index (χ1v) is 9.97. The van der Waals surface area contributed by atoms with E-state index in [1.54, 1.807) is 11.0 Å². The van der Waals surface area contributed by atoms with Crippen molar-refractivity contribution in [2.24, 2.45) is 5.92 Å². The van der Waals surface area contributed by atoms with Crippen molar-refractivity contribution in [1.29, 1.82) is 0 Å². The third kappa shape index (κ3) is 3.93. The summed E-state index contributed by atoms with van der Waals surface area (Å²) in [6.45, 7) is 3.95. The first-order valence-electron chi connectivity index (χ1n) is 8.08. The fraction of sp³-hybridized carbons (Fsp3) is 0.625. The van der Waals surface area contributed by atoms with Gasteiger partial charge in [0.2, 0.25) is 10.0 Å². The largest absolute Gasteiger partial charge is 0.371 e. The van der Waals surface area contributed by atoms with E-state index in [1.807, 2.05) is 19.1 Å². The topological polar surface area (TPSA) is 88.6 Å². The van der Waals surface area contributed by atoms with E-state index in [1.165, 1.54) is 0 Å². The molecule has 8 heteroatoms. The van der Waals surface area contributed by atoms with Crippen molar-refractivity contribution in [2.75, 3.05) is 32.5 Å². The Bertz CT molecular complexity index is 719. The number of likely N-dealkylation sites (tertiary alicyclic amines) is 1. The summed E-state index contributed by atoms with van der Waals surface area (Å²) in [5, 5.41) is 0. The number of amides is 1. The maximum Gasteiger partial charge on any atom is 0.272 e. The maximum absolute atomic E-state index is 12.4. The Balaban J connectivity index is 1.49. The van der Waals surface area contributed by atoms with Gasteiger partial charge in [0, 0.05) is 12.2 Å². The van der Waals surface area contributed by atoms with Gasteiger partial charge < -0.3 is 9.64 Å². The summed E-state index contributed by atoms with van der Waals surface area (Å²) in [6, 6.07) is 5.43. The highest BCUT2D eigenvalue weighted by Gasteiger charge is 2.48. The molecule has 0 unspecified atom stereocenters. The molecule has 2 fully saturated rings. The monoisotopic (exact) mass is 353 g/mol. The lowest BCUT2D eigenvalue weighted by atomic mass is 9.83. The molecule has 7 nitrogen and oxygen atoms in total. The molecule has 1 aromatic rings. The second-order valence-corrected chi connectivity index (χ2v) is 8.68.